The first-order valence-corrected chi connectivity index (χ1v) is 6.47. The smallest absolute Gasteiger partial charge is 0.234 e. The molecule has 3 N–H and O–H groups in total. The van der Waals surface area contributed by atoms with E-state index in [4.69, 9.17) is 17.3 Å². The number of nitrogens with two attached hydrogens (primary N) is 1. The van der Waals surface area contributed by atoms with Crippen LogP contribution in [-0.4, -0.2) is 11.9 Å². The molecule has 5 heteroatoms. The molecule has 1 heterocycles. The summed E-state index contributed by atoms with van der Waals surface area (Å²) in [4.78, 5) is 11.9. The van der Waals surface area contributed by atoms with E-state index in [1.54, 1.807) is 18.3 Å². The van der Waals surface area contributed by atoms with Gasteiger partial charge in [-0.2, -0.15) is 0 Å². The Morgan fingerprint density at radius 2 is 2.24 bits per heavy atom. The van der Waals surface area contributed by atoms with Gasteiger partial charge in [-0.15, -0.1) is 11.3 Å². The number of fused-ring (bicyclic) bond motifs is 1. The summed E-state index contributed by atoms with van der Waals surface area (Å²) >= 11 is 7.91. The molecule has 90 valence electrons. The average molecular weight is 269 g/mol. The van der Waals surface area contributed by atoms with Crippen LogP contribution in [0, 0.1) is 0 Å². The first kappa shape index (κ1) is 12.4. The minimum atomic E-state index is -0.359. The van der Waals surface area contributed by atoms with E-state index in [1.807, 2.05) is 24.3 Å². The molecule has 0 aliphatic heterocycles. The first-order chi connectivity index (χ1) is 8.09. The van der Waals surface area contributed by atoms with Crippen molar-refractivity contribution in [2.24, 2.45) is 5.73 Å². The van der Waals surface area contributed by atoms with Crippen molar-refractivity contribution in [1.82, 2.24) is 5.32 Å². The van der Waals surface area contributed by atoms with Gasteiger partial charge in [0.05, 0.1) is 11.1 Å². The number of hydrogen-bond donors (Lipinski definition) is 2. The molecule has 0 aliphatic carbocycles. The second-order valence-electron chi connectivity index (χ2n) is 3.84. The summed E-state index contributed by atoms with van der Waals surface area (Å²) < 4.78 is 1.15. The van der Waals surface area contributed by atoms with Gasteiger partial charge in [0.15, 0.2) is 0 Å². The highest BCUT2D eigenvalue weighted by atomic mass is 35.5. The third-order valence-electron chi connectivity index (χ3n) is 2.60. The molecular weight excluding hydrogens is 256 g/mol. The number of hydrogen-bond acceptors (Lipinski definition) is 3. The van der Waals surface area contributed by atoms with E-state index in [9.17, 15) is 4.79 Å². The predicted octanol–water partition coefficient (Wildman–Crippen LogP) is 2.52. The predicted molar refractivity (Wildman–Crippen MR) is 72.3 cm³/mol. The van der Waals surface area contributed by atoms with E-state index >= 15 is 0 Å². The number of thiophene rings is 1. The van der Waals surface area contributed by atoms with Gasteiger partial charge in [0, 0.05) is 21.5 Å². The Hall–Kier alpha value is -1.10. The molecule has 1 unspecified atom stereocenters. The standard InChI is InChI=1S/C12H13ClN2OS/c1-7(12(14)16)15-6-10-11(13)8-4-2-3-5-9(8)17-10/h2-5,7,15H,6H2,1H3,(H2,14,16). The highest BCUT2D eigenvalue weighted by molar-refractivity contribution is 7.19. The van der Waals surface area contributed by atoms with E-state index < -0.39 is 0 Å². The van der Waals surface area contributed by atoms with Crippen molar-refractivity contribution in [2.45, 2.75) is 19.5 Å². The monoisotopic (exact) mass is 268 g/mol. The van der Waals surface area contributed by atoms with Crippen LogP contribution >= 0.6 is 22.9 Å². The zero-order valence-electron chi connectivity index (χ0n) is 9.37. The number of carbonyl (C=O) groups excluding carboxylic acids is 1. The molecule has 0 radical (unpaired) electrons. The number of carbonyl (C=O) groups is 1. The molecular formula is C12H13ClN2OS. The van der Waals surface area contributed by atoms with Crippen LogP contribution in [0.3, 0.4) is 0 Å². The van der Waals surface area contributed by atoms with Crippen LogP contribution in [-0.2, 0) is 11.3 Å². The van der Waals surface area contributed by atoms with Crippen molar-refractivity contribution in [3.05, 3.63) is 34.2 Å². The normalized spacial score (nSPS) is 12.8. The molecule has 1 amide bonds. The third-order valence-corrected chi connectivity index (χ3v) is 4.31. The highest BCUT2D eigenvalue weighted by Gasteiger charge is 2.12. The number of primary amides is 1. The van der Waals surface area contributed by atoms with Crippen LogP contribution in [0.4, 0.5) is 0 Å². The van der Waals surface area contributed by atoms with E-state index in [0.29, 0.717) is 6.54 Å². The second-order valence-corrected chi connectivity index (χ2v) is 5.36. The fraction of sp³-hybridized carbons (Fsp3) is 0.250. The Morgan fingerprint density at radius 1 is 1.53 bits per heavy atom. The summed E-state index contributed by atoms with van der Waals surface area (Å²) in [6, 6.07) is 7.63. The quantitative estimate of drug-likeness (QED) is 0.895. The van der Waals surface area contributed by atoms with Gasteiger partial charge in [0.1, 0.15) is 0 Å². The zero-order valence-corrected chi connectivity index (χ0v) is 10.9. The molecule has 17 heavy (non-hydrogen) atoms. The maximum atomic E-state index is 10.9. The number of benzene rings is 1. The van der Waals surface area contributed by atoms with Crippen molar-refractivity contribution >= 4 is 38.9 Å². The van der Waals surface area contributed by atoms with Gasteiger partial charge in [-0.3, -0.25) is 4.79 Å². The maximum absolute atomic E-state index is 10.9. The number of rotatable bonds is 4. The summed E-state index contributed by atoms with van der Waals surface area (Å²) in [6.07, 6.45) is 0. The zero-order chi connectivity index (χ0) is 12.4. The van der Waals surface area contributed by atoms with Crippen LogP contribution in [0.2, 0.25) is 5.02 Å². The molecule has 0 spiro atoms. The van der Waals surface area contributed by atoms with Gasteiger partial charge >= 0.3 is 0 Å². The fourth-order valence-corrected chi connectivity index (χ4v) is 2.98. The minimum Gasteiger partial charge on any atom is -0.368 e. The average Bonchev–Trinajstić information content (AvgIpc) is 2.64. The molecule has 2 aromatic rings. The van der Waals surface area contributed by atoms with E-state index in [-0.39, 0.29) is 11.9 Å². The van der Waals surface area contributed by atoms with Gasteiger partial charge in [-0.1, -0.05) is 29.8 Å². The SMILES string of the molecule is CC(NCc1sc2ccccc2c1Cl)C(N)=O. The Labute approximate surface area is 109 Å². The molecule has 0 saturated carbocycles. The number of amides is 1. The van der Waals surface area contributed by atoms with Crippen LogP contribution in [0.15, 0.2) is 24.3 Å². The summed E-state index contributed by atoms with van der Waals surface area (Å²) in [5, 5.41) is 4.87. The summed E-state index contributed by atoms with van der Waals surface area (Å²) in [5.41, 5.74) is 5.18. The summed E-state index contributed by atoms with van der Waals surface area (Å²) in [5.74, 6) is -0.359. The van der Waals surface area contributed by atoms with Crippen molar-refractivity contribution in [1.29, 1.82) is 0 Å². The lowest BCUT2D eigenvalue weighted by Gasteiger charge is -2.08. The lowest BCUT2D eigenvalue weighted by molar-refractivity contribution is -0.119. The molecule has 0 bridgehead atoms. The third kappa shape index (κ3) is 2.60. The summed E-state index contributed by atoms with van der Waals surface area (Å²) in [6.45, 7) is 2.30. The maximum Gasteiger partial charge on any atom is 0.234 e. The second kappa shape index (κ2) is 5.04. The van der Waals surface area contributed by atoms with Crippen LogP contribution < -0.4 is 11.1 Å². The van der Waals surface area contributed by atoms with Gasteiger partial charge in [-0.05, 0) is 13.0 Å². The lowest BCUT2D eigenvalue weighted by Crippen LogP contribution is -2.38. The minimum absolute atomic E-state index is 0.351. The Kier molecular flexibility index (Phi) is 3.66. The number of halogens is 1. The van der Waals surface area contributed by atoms with E-state index in [1.165, 1.54) is 0 Å². The molecule has 0 aliphatic rings. The van der Waals surface area contributed by atoms with Crippen LogP contribution in [0.1, 0.15) is 11.8 Å². The molecule has 3 nitrogen and oxygen atoms in total. The molecule has 0 saturated heterocycles. The Morgan fingerprint density at radius 3 is 2.88 bits per heavy atom. The van der Waals surface area contributed by atoms with Crippen LogP contribution in [0.5, 0.6) is 0 Å². The largest absolute Gasteiger partial charge is 0.368 e. The molecule has 2 rings (SSSR count). The lowest BCUT2D eigenvalue weighted by atomic mass is 10.2. The Bertz CT molecular complexity index is 552. The van der Waals surface area contributed by atoms with Crippen LogP contribution in [0.25, 0.3) is 10.1 Å². The molecule has 1 atom stereocenters. The first-order valence-electron chi connectivity index (χ1n) is 5.28. The number of nitrogens with one attached hydrogen (secondary N) is 1. The fourth-order valence-electron chi connectivity index (χ4n) is 1.52. The van der Waals surface area contributed by atoms with Gasteiger partial charge in [-0.25, -0.2) is 0 Å². The topological polar surface area (TPSA) is 55.1 Å². The van der Waals surface area contributed by atoms with Gasteiger partial charge in [0.25, 0.3) is 0 Å². The van der Waals surface area contributed by atoms with Crippen molar-refractivity contribution in [3.63, 3.8) is 0 Å². The van der Waals surface area contributed by atoms with Gasteiger partial charge < -0.3 is 11.1 Å². The van der Waals surface area contributed by atoms with Gasteiger partial charge in [0.2, 0.25) is 5.91 Å². The molecule has 1 aromatic carbocycles. The van der Waals surface area contributed by atoms with Crippen molar-refractivity contribution in [2.75, 3.05) is 0 Å². The Balaban J connectivity index is 2.19. The van der Waals surface area contributed by atoms with Crippen molar-refractivity contribution < 1.29 is 4.79 Å². The van der Waals surface area contributed by atoms with E-state index in [0.717, 1.165) is 20.0 Å². The highest BCUT2D eigenvalue weighted by Crippen LogP contribution is 2.34. The van der Waals surface area contributed by atoms with E-state index in [2.05, 4.69) is 5.32 Å². The molecule has 1 aromatic heterocycles. The van der Waals surface area contributed by atoms with Crippen molar-refractivity contribution in [3.8, 4) is 0 Å². The summed E-state index contributed by atoms with van der Waals surface area (Å²) in [7, 11) is 0. The molecule has 0 fully saturated rings.